The SMILES string of the molecule is CC(=O)N1CCC2(CC1)C(=O)N(C1CC(N3CCCCC3)C1)c1cc(-c3cc4ncn(C(C)C)c4c(Nc4cc(C(=O)NC(C)C)c(F)cc4F)n3)ccc12. The molecular weight excluding hydrogens is 703 g/mol. The van der Waals surface area contributed by atoms with E-state index in [4.69, 9.17) is 9.97 Å². The van der Waals surface area contributed by atoms with Gasteiger partial charge in [0.25, 0.3) is 5.91 Å². The van der Waals surface area contributed by atoms with Gasteiger partial charge in [0.15, 0.2) is 5.82 Å². The minimum Gasteiger partial charge on any atom is -0.350 e. The average molecular weight is 753 g/mol. The number of amides is 3. The van der Waals surface area contributed by atoms with Gasteiger partial charge in [0.1, 0.15) is 17.2 Å². The van der Waals surface area contributed by atoms with Crippen LogP contribution in [-0.4, -0.2) is 86.4 Å². The van der Waals surface area contributed by atoms with Crippen LogP contribution in [0.15, 0.2) is 42.7 Å². The average Bonchev–Trinajstić information content (AvgIpc) is 3.67. The van der Waals surface area contributed by atoms with Crippen molar-refractivity contribution in [3.05, 3.63) is 65.5 Å². The zero-order valence-corrected chi connectivity index (χ0v) is 32.3. The van der Waals surface area contributed by atoms with E-state index in [1.165, 1.54) is 25.3 Å². The molecule has 1 saturated carbocycles. The van der Waals surface area contributed by atoms with Crippen LogP contribution >= 0.6 is 0 Å². The fourth-order valence-corrected chi connectivity index (χ4v) is 9.12. The van der Waals surface area contributed by atoms with E-state index < -0.39 is 23.0 Å². The number of pyridine rings is 1. The van der Waals surface area contributed by atoms with Gasteiger partial charge in [-0.2, -0.15) is 0 Å². The first-order chi connectivity index (χ1) is 26.3. The largest absolute Gasteiger partial charge is 0.350 e. The Kier molecular flexibility index (Phi) is 9.63. The van der Waals surface area contributed by atoms with Crippen LogP contribution < -0.4 is 15.5 Å². The van der Waals surface area contributed by atoms with Crippen LogP contribution in [0.3, 0.4) is 0 Å². The number of likely N-dealkylation sites (tertiary alicyclic amines) is 2. The first-order valence-corrected chi connectivity index (χ1v) is 19.8. The van der Waals surface area contributed by atoms with Gasteiger partial charge in [-0.15, -0.1) is 0 Å². The molecule has 0 radical (unpaired) electrons. The number of anilines is 3. The Hall–Kier alpha value is -4.91. The molecule has 2 saturated heterocycles. The molecule has 4 aromatic rings. The van der Waals surface area contributed by atoms with Gasteiger partial charge in [-0.25, -0.2) is 18.7 Å². The third kappa shape index (κ3) is 6.53. The second-order valence-corrected chi connectivity index (χ2v) is 16.4. The molecule has 13 heteroatoms. The number of halogens is 2. The maximum absolute atomic E-state index is 15.4. The minimum absolute atomic E-state index is 0.00920. The highest BCUT2D eigenvalue weighted by Crippen LogP contribution is 2.52. The zero-order valence-electron chi connectivity index (χ0n) is 32.3. The lowest BCUT2D eigenvalue weighted by atomic mass is 9.73. The van der Waals surface area contributed by atoms with Crippen molar-refractivity contribution >= 4 is 45.9 Å². The monoisotopic (exact) mass is 752 g/mol. The summed E-state index contributed by atoms with van der Waals surface area (Å²) in [5, 5.41) is 5.76. The number of rotatable bonds is 8. The lowest BCUT2D eigenvalue weighted by Gasteiger charge is -2.48. The molecule has 4 aliphatic rings. The molecular formula is C42H50F2N8O3. The maximum atomic E-state index is 15.4. The van der Waals surface area contributed by atoms with Gasteiger partial charge < -0.3 is 29.9 Å². The quantitative estimate of drug-likeness (QED) is 0.198. The van der Waals surface area contributed by atoms with Gasteiger partial charge in [-0.05, 0) is 103 Å². The Labute approximate surface area is 320 Å². The predicted molar refractivity (Wildman–Crippen MR) is 208 cm³/mol. The Morgan fingerprint density at radius 1 is 0.909 bits per heavy atom. The molecule has 2 aromatic heterocycles. The van der Waals surface area contributed by atoms with Crippen LogP contribution in [0.5, 0.6) is 0 Å². The van der Waals surface area contributed by atoms with Gasteiger partial charge in [0.05, 0.1) is 34.2 Å². The number of carbonyl (C=O) groups is 3. The van der Waals surface area contributed by atoms with Crippen LogP contribution in [0.1, 0.15) is 102 Å². The van der Waals surface area contributed by atoms with E-state index in [1.807, 2.05) is 40.3 Å². The topological polar surface area (TPSA) is 116 Å². The molecule has 11 nitrogen and oxygen atoms in total. The van der Waals surface area contributed by atoms with Crippen LogP contribution in [-0.2, 0) is 15.0 Å². The summed E-state index contributed by atoms with van der Waals surface area (Å²) in [5.74, 6) is -2.04. The fraction of sp³-hybridized carbons (Fsp3) is 0.500. The predicted octanol–water partition coefficient (Wildman–Crippen LogP) is 7.08. The van der Waals surface area contributed by atoms with Gasteiger partial charge in [0.2, 0.25) is 11.8 Å². The van der Waals surface area contributed by atoms with E-state index in [9.17, 15) is 18.8 Å². The van der Waals surface area contributed by atoms with Gasteiger partial charge in [-0.3, -0.25) is 14.4 Å². The number of carbonyl (C=O) groups excluding carboxylic acids is 3. The number of benzene rings is 2. The van der Waals surface area contributed by atoms with Crippen molar-refractivity contribution < 1.29 is 23.2 Å². The Morgan fingerprint density at radius 2 is 1.64 bits per heavy atom. The number of hydrogen-bond acceptors (Lipinski definition) is 7. The van der Waals surface area contributed by atoms with Gasteiger partial charge in [0, 0.05) is 61.5 Å². The lowest BCUT2D eigenvalue weighted by molar-refractivity contribution is -0.134. The van der Waals surface area contributed by atoms with Crippen LogP contribution in [0.2, 0.25) is 0 Å². The van der Waals surface area contributed by atoms with Crippen molar-refractivity contribution in [3.63, 3.8) is 0 Å². The highest BCUT2D eigenvalue weighted by atomic mass is 19.1. The molecule has 3 aliphatic heterocycles. The van der Waals surface area contributed by atoms with Gasteiger partial charge in [-0.1, -0.05) is 18.6 Å². The molecule has 55 heavy (non-hydrogen) atoms. The standard InChI is InChI=1S/C42H50F2N8O3/c1-24(2)46-40(54)30-20-35(33(44)21-32(30)43)48-39-38-36(45-23-51(38)25(3)4)22-34(47-39)27-9-10-31-37(17-27)52(29-18-28(19-29)50-13-7-6-8-14-50)41(55)42(31)11-15-49(16-12-42)26(5)53/h9-10,17,20-25,28-29H,6-8,11-16,18-19H2,1-5H3,(H,46,54)(H,47,48). The molecule has 3 amide bonds. The Morgan fingerprint density at radius 3 is 2.31 bits per heavy atom. The Balaban J connectivity index is 1.19. The van der Waals surface area contributed by atoms with E-state index in [0.717, 1.165) is 42.7 Å². The molecule has 290 valence electrons. The number of aromatic nitrogens is 3. The first-order valence-electron chi connectivity index (χ1n) is 19.8. The minimum atomic E-state index is -0.962. The number of imidazole rings is 1. The number of nitrogens with zero attached hydrogens (tertiary/aromatic N) is 6. The molecule has 0 unspecified atom stereocenters. The maximum Gasteiger partial charge on any atom is 0.254 e. The highest BCUT2D eigenvalue weighted by molar-refractivity contribution is 6.09. The van der Waals surface area contributed by atoms with Crippen LogP contribution in [0, 0.1) is 11.6 Å². The second-order valence-electron chi connectivity index (χ2n) is 16.4. The van der Waals surface area contributed by atoms with E-state index in [0.29, 0.717) is 60.6 Å². The summed E-state index contributed by atoms with van der Waals surface area (Å²) in [7, 11) is 0. The van der Waals surface area contributed by atoms with E-state index >= 15 is 4.39 Å². The van der Waals surface area contributed by atoms with Crippen molar-refractivity contribution in [2.75, 3.05) is 36.4 Å². The number of piperidine rings is 2. The van der Waals surface area contributed by atoms with E-state index in [-0.39, 0.29) is 41.2 Å². The van der Waals surface area contributed by atoms with Crippen molar-refractivity contribution in [1.29, 1.82) is 0 Å². The highest BCUT2D eigenvalue weighted by Gasteiger charge is 2.55. The Bertz CT molecular complexity index is 2160. The summed E-state index contributed by atoms with van der Waals surface area (Å²) >= 11 is 0. The van der Waals surface area contributed by atoms with E-state index in [1.54, 1.807) is 27.1 Å². The third-order valence-electron chi connectivity index (χ3n) is 12.2. The van der Waals surface area contributed by atoms with Crippen molar-refractivity contribution in [2.24, 2.45) is 0 Å². The van der Waals surface area contributed by atoms with Gasteiger partial charge >= 0.3 is 0 Å². The summed E-state index contributed by atoms with van der Waals surface area (Å²) in [6, 6.07) is 10.2. The summed E-state index contributed by atoms with van der Waals surface area (Å²) in [5.41, 5.74) is 3.37. The van der Waals surface area contributed by atoms with Crippen LogP contribution in [0.25, 0.3) is 22.3 Å². The molecule has 3 fully saturated rings. The van der Waals surface area contributed by atoms with Crippen molar-refractivity contribution in [2.45, 2.75) is 109 Å². The summed E-state index contributed by atoms with van der Waals surface area (Å²) < 4.78 is 32.2. The molecule has 0 atom stereocenters. The summed E-state index contributed by atoms with van der Waals surface area (Å²) in [6.07, 6.45) is 8.42. The molecule has 2 N–H and O–H groups in total. The second kappa shape index (κ2) is 14.3. The number of hydrogen-bond donors (Lipinski definition) is 2. The summed E-state index contributed by atoms with van der Waals surface area (Å²) in [6.45, 7) is 12.4. The molecule has 2 aromatic carbocycles. The molecule has 1 spiro atoms. The van der Waals surface area contributed by atoms with E-state index in [2.05, 4.69) is 27.7 Å². The van der Waals surface area contributed by atoms with Crippen molar-refractivity contribution in [1.82, 2.24) is 29.7 Å². The normalized spacial score (nSPS) is 21.1. The summed E-state index contributed by atoms with van der Waals surface area (Å²) in [4.78, 5) is 56.1. The number of fused-ring (bicyclic) bond motifs is 3. The smallest absolute Gasteiger partial charge is 0.254 e. The fourth-order valence-electron chi connectivity index (χ4n) is 9.12. The zero-order chi connectivity index (χ0) is 38.8. The molecule has 8 rings (SSSR count). The molecule has 5 heterocycles. The lowest BCUT2D eigenvalue weighted by Crippen LogP contribution is -2.58. The first kappa shape index (κ1) is 37.0. The van der Waals surface area contributed by atoms with Crippen molar-refractivity contribution in [3.8, 4) is 11.3 Å². The molecule has 1 aliphatic carbocycles. The van der Waals surface area contributed by atoms with Crippen LogP contribution in [0.4, 0.5) is 26.0 Å². The number of nitrogens with one attached hydrogen (secondary N) is 2. The molecule has 0 bridgehead atoms. The third-order valence-corrected chi connectivity index (χ3v) is 12.2.